The van der Waals surface area contributed by atoms with Crippen molar-refractivity contribution in [3.63, 3.8) is 0 Å². The topological polar surface area (TPSA) is 9.23 Å². The van der Waals surface area contributed by atoms with Crippen molar-refractivity contribution >= 4 is 0 Å². The Balaban J connectivity index is 2.92. The predicted octanol–water partition coefficient (Wildman–Crippen LogP) is 4.88. The average Bonchev–Trinajstić information content (AvgIpc) is 2.26. The van der Waals surface area contributed by atoms with Gasteiger partial charge in [-0.3, -0.25) is 0 Å². The molecule has 0 aromatic rings. The minimum Gasteiger partial charge on any atom is -0.375 e. The molecule has 15 heavy (non-hydrogen) atoms. The van der Waals surface area contributed by atoms with Crippen molar-refractivity contribution in [2.45, 2.75) is 64.7 Å². The maximum Gasteiger partial charge on any atom is 0.0704 e. The van der Waals surface area contributed by atoms with E-state index in [0.717, 1.165) is 0 Å². The van der Waals surface area contributed by atoms with Crippen LogP contribution in [0.4, 0.5) is 0 Å². The van der Waals surface area contributed by atoms with E-state index >= 15 is 0 Å². The van der Waals surface area contributed by atoms with Crippen LogP contribution in [0.1, 0.15) is 64.7 Å². The van der Waals surface area contributed by atoms with Gasteiger partial charge in [0, 0.05) is 0 Å². The Bertz CT molecular complexity index is 129. The van der Waals surface area contributed by atoms with E-state index in [1.54, 1.807) is 0 Å². The summed E-state index contributed by atoms with van der Waals surface area (Å²) in [7, 11) is 3.32. The van der Waals surface area contributed by atoms with Crippen molar-refractivity contribution in [1.82, 2.24) is 0 Å². The maximum atomic E-state index is 4.69. The van der Waals surface area contributed by atoms with Crippen LogP contribution in [0.2, 0.25) is 0 Å². The monoisotopic (exact) mass is 211 g/mol. The highest BCUT2D eigenvalue weighted by atomic mass is 16.5. The van der Waals surface area contributed by atoms with Gasteiger partial charge in [-0.25, -0.2) is 0 Å². The second kappa shape index (κ2) is 13.7. The zero-order valence-electron chi connectivity index (χ0n) is 10.3. The van der Waals surface area contributed by atoms with Gasteiger partial charge in [-0.15, -0.1) is 0 Å². The lowest BCUT2D eigenvalue weighted by molar-refractivity contribution is 0.281. The Morgan fingerprint density at radius 1 is 0.867 bits per heavy atom. The van der Waals surface area contributed by atoms with Crippen molar-refractivity contribution in [3.05, 3.63) is 19.3 Å². The summed E-state index contributed by atoms with van der Waals surface area (Å²) < 4.78 is 4.69. The van der Waals surface area contributed by atoms with Crippen LogP contribution in [0.15, 0.2) is 12.2 Å². The third kappa shape index (κ3) is 13.7. The standard InChI is InChI=1S/C14H27O/c1-3-4-5-6-7-8-9-10-11-12-13-14-15-2/h12-13H,2-11,14H2,1H3. The van der Waals surface area contributed by atoms with Gasteiger partial charge in [0.2, 0.25) is 0 Å². The highest BCUT2D eigenvalue weighted by Gasteiger charge is 1.90. The fourth-order valence-corrected chi connectivity index (χ4v) is 1.65. The Morgan fingerprint density at radius 2 is 1.47 bits per heavy atom. The number of unbranched alkanes of at least 4 members (excludes halogenated alkanes) is 8. The number of allylic oxidation sites excluding steroid dienone is 1. The molecule has 0 unspecified atom stereocenters. The fraction of sp³-hybridized carbons (Fsp3) is 0.786. The molecule has 0 N–H and O–H groups in total. The van der Waals surface area contributed by atoms with E-state index in [1.165, 1.54) is 57.8 Å². The lowest BCUT2D eigenvalue weighted by Gasteiger charge is -1.99. The summed E-state index contributed by atoms with van der Waals surface area (Å²) in [4.78, 5) is 0. The van der Waals surface area contributed by atoms with Crippen LogP contribution in [0.25, 0.3) is 0 Å². The molecule has 1 heteroatoms. The van der Waals surface area contributed by atoms with Crippen molar-refractivity contribution in [3.8, 4) is 0 Å². The lowest BCUT2D eigenvalue weighted by atomic mass is 10.1. The molecule has 0 aliphatic rings. The molecule has 0 heterocycles. The third-order valence-electron chi connectivity index (χ3n) is 2.61. The van der Waals surface area contributed by atoms with Gasteiger partial charge in [0.1, 0.15) is 0 Å². The van der Waals surface area contributed by atoms with E-state index in [1.807, 2.05) is 6.08 Å². The average molecular weight is 211 g/mol. The summed E-state index contributed by atoms with van der Waals surface area (Å²) in [5.41, 5.74) is 0. The molecule has 0 fully saturated rings. The minimum absolute atomic E-state index is 0.650. The van der Waals surface area contributed by atoms with Gasteiger partial charge in [0.05, 0.1) is 13.7 Å². The molecule has 0 spiro atoms. The molecular weight excluding hydrogens is 184 g/mol. The fourth-order valence-electron chi connectivity index (χ4n) is 1.65. The molecule has 0 aliphatic heterocycles. The van der Waals surface area contributed by atoms with E-state index in [9.17, 15) is 0 Å². The number of hydrogen-bond acceptors (Lipinski definition) is 1. The van der Waals surface area contributed by atoms with Gasteiger partial charge >= 0.3 is 0 Å². The van der Waals surface area contributed by atoms with E-state index in [4.69, 9.17) is 0 Å². The van der Waals surface area contributed by atoms with Crippen LogP contribution in [-0.2, 0) is 4.74 Å². The lowest BCUT2D eigenvalue weighted by Crippen LogP contribution is -1.81. The molecule has 1 radical (unpaired) electrons. The van der Waals surface area contributed by atoms with Crippen molar-refractivity contribution < 1.29 is 4.74 Å². The quantitative estimate of drug-likeness (QED) is 0.349. The molecular formula is C14H27O. The van der Waals surface area contributed by atoms with E-state index < -0.39 is 0 Å². The first-order chi connectivity index (χ1) is 7.41. The Kier molecular flexibility index (Phi) is 13.4. The van der Waals surface area contributed by atoms with Gasteiger partial charge in [-0.05, 0) is 12.8 Å². The van der Waals surface area contributed by atoms with Gasteiger partial charge in [-0.1, -0.05) is 64.0 Å². The minimum atomic E-state index is 0.650. The second-order valence-corrected chi connectivity index (χ2v) is 4.11. The smallest absolute Gasteiger partial charge is 0.0704 e. The van der Waals surface area contributed by atoms with Crippen molar-refractivity contribution in [2.75, 3.05) is 6.61 Å². The molecule has 0 atom stereocenters. The van der Waals surface area contributed by atoms with E-state index in [2.05, 4.69) is 24.8 Å². The summed E-state index contributed by atoms with van der Waals surface area (Å²) in [6.07, 6.45) is 16.6. The molecule has 0 aromatic heterocycles. The Morgan fingerprint density at radius 3 is 2.07 bits per heavy atom. The van der Waals surface area contributed by atoms with Gasteiger partial charge in [0.15, 0.2) is 0 Å². The maximum absolute atomic E-state index is 4.69. The van der Waals surface area contributed by atoms with E-state index in [0.29, 0.717) is 6.61 Å². The molecule has 0 amide bonds. The van der Waals surface area contributed by atoms with Gasteiger partial charge in [0.25, 0.3) is 0 Å². The predicted molar refractivity (Wildman–Crippen MR) is 67.7 cm³/mol. The largest absolute Gasteiger partial charge is 0.375 e. The van der Waals surface area contributed by atoms with Gasteiger partial charge < -0.3 is 4.74 Å². The molecule has 89 valence electrons. The first-order valence-electron chi connectivity index (χ1n) is 6.43. The van der Waals surface area contributed by atoms with Crippen LogP contribution < -0.4 is 0 Å². The first-order valence-corrected chi connectivity index (χ1v) is 6.43. The zero-order chi connectivity index (χ0) is 11.2. The number of ether oxygens (including phenoxy) is 1. The van der Waals surface area contributed by atoms with Crippen LogP contribution in [0.3, 0.4) is 0 Å². The second-order valence-electron chi connectivity index (χ2n) is 4.11. The van der Waals surface area contributed by atoms with Gasteiger partial charge in [-0.2, -0.15) is 0 Å². The summed E-state index contributed by atoms with van der Waals surface area (Å²) in [6, 6.07) is 0. The normalized spacial score (nSPS) is 11.3. The number of hydrogen-bond donors (Lipinski definition) is 0. The molecule has 0 saturated carbocycles. The summed E-state index contributed by atoms with van der Waals surface area (Å²) in [5, 5.41) is 0. The van der Waals surface area contributed by atoms with Crippen molar-refractivity contribution in [2.24, 2.45) is 0 Å². The highest BCUT2D eigenvalue weighted by Crippen LogP contribution is 2.09. The summed E-state index contributed by atoms with van der Waals surface area (Å²) in [5.74, 6) is 0. The summed E-state index contributed by atoms with van der Waals surface area (Å²) >= 11 is 0. The summed E-state index contributed by atoms with van der Waals surface area (Å²) in [6.45, 7) is 2.92. The highest BCUT2D eigenvalue weighted by molar-refractivity contribution is 4.81. The zero-order valence-corrected chi connectivity index (χ0v) is 10.3. The van der Waals surface area contributed by atoms with Crippen molar-refractivity contribution in [1.29, 1.82) is 0 Å². The van der Waals surface area contributed by atoms with Crippen LogP contribution in [0.5, 0.6) is 0 Å². The van der Waals surface area contributed by atoms with Crippen LogP contribution >= 0.6 is 0 Å². The van der Waals surface area contributed by atoms with Crippen LogP contribution in [0, 0.1) is 7.11 Å². The molecule has 0 saturated heterocycles. The third-order valence-corrected chi connectivity index (χ3v) is 2.61. The number of rotatable bonds is 11. The molecule has 0 bridgehead atoms. The Labute approximate surface area is 95.9 Å². The molecule has 0 rings (SSSR count). The van der Waals surface area contributed by atoms with E-state index in [-0.39, 0.29) is 0 Å². The first kappa shape index (κ1) is 14.7. The SMILES string of the molecule is [CH2]OCC=CCCCCCCCCCC. The molecule has 0 aromatic carbocycles. The van der Waals surface area contributed by atoms with Crippen LogP contribution in [-0.4, -0.2) is 6.61 Å². The molecule has 1 nitrogen and oxygen atoms in total. The Hall–Kier alpha value is -0.300. The molecule has 0 aliphatic carbocycles.